The lowest BCUT2D eigenvalue weighted by atomic mass is 9.98. The minimum absolute atomic E-state index is 0.551. The minimum atomic E-state index is 0.551. The largest absolute Gasteiger partial charge is 0.349 e. The fraction of sp³-hybridized carbons (Fsp3) is 0.786. The lowest BCUT2D eigenvalue weighted by molar-refractivity contribution is 0.464. The van der Waals surface area contributed by atoms with E-state index in [1.54, 1.807) is 0 Å². The van der Waals surface area contributed by atoms with Crippen LogP contribution in [0.2, 0.25) is 0 Å². The van der Waals surface area contributed by atoms with Gasteiger partial charge in [0.2, 0.25) is 0 Å². The van der Waals surface area contributed by atoms with Crippen LogP contribution in [0.5, 0.6) is 0 Å². The van der Waals surface area contributed by atoms with E-state index in [0.29, 0.717) is 6.04 Å². The van der Waals surface area contributed by atoms with Gasteiger partial charge in [0.15, 0.2) is 5.13 Å². The summed E-state index contributed by atoms with van der Waals surface area (Å²) < 4.78 is 0. The minimum Gasteiger partial charge on any atom is -0.349 e. The molecule has 1 aliphatic carbocycles. The smallest absolute Gasteiger partial charge is 0.185 e. The fourth-order valence-electron chi connectivity index (χ4n) is 2.55. The van der Waals surface area contributed by atoms with Crippen LogP contribution in [0, 0.1) is 0 Å². The molecule has 102 valence electrons. The Hall–Kier alpha value is -0.610. The standard InChI is InChI=1S/C14H25N3S/c1-4-10-15-11-8-7-9-12-13(11)18-14(16-12)17(5-2)6-3/h11,15H,4-10H2,1-3H3. The van der Waals surface area contributed by atoms with Gasteiger partial charge in [0, 0.05) is 24.0 Å². The van der Waals surface area contributed by atoms with E-state index >= 15 is 0 Å². The van der Waals surface area contributed by atoms with Crippen LogP contribution in [-0.2, 0) is 6.42 Å². The number of nitrogens with zero attached hydrogens (tertiary/aromatic N) is 2. The molecule has 0 fully saturated rings. The molecule has 0 spiro atoms. The van der Waals surface area contributed by atoms with Crippen LogP contribution in [0.1, 0.15) is 56.6 Å². The number of nitrogens with one attached hydrogen (secondary N) is 1. The van der Waals surface area contributed by atoms with Gasteiger partial charge in [-0.3, -0.25) is 0 Å². The van der Waals surface area contributed by atoms with E-state index in [1.807, 2.05) is 11.3 Å². The topological polar surface area (TPSA) is 28.2 Å². The first-order valence-electron chi connectivity index (χ1n) is 7.28. The van der Waals surface area contributed by atoms with Crippen LogP contribution in [-0.4, -0.2) is 24.6 Å². The van der Waals surface area contributed by atoms with Crippen LogP contribution in [0.15, 0.2) is 0 Å². The van der Waals surface area contributed by atoms with Crippen LogP contribution < -0.4 is 10.2 Å². The van der Waals surface area contributed by atoms with Crippen LogP contribution in [0.3, 0.4) is 0 Å². The Bertz CT molecular complexity index is 371. The molecular weight excluding hydrogens is 242 g/mol. The molecule has 0 aromatic carbocycles. The van der Waals surface area contributed by atoms with Crippen LogP contribution in [0.25, 0.3) is 0 Å². The Morgan fingerprint density at radius 2 is 2.11 bits per heavy atom. The first-order valence-corrected chi connectivity index (χ1v) is 8.09. The highest BCUT2D eigenvalue weighted by Crippen LogP contribution is 2.37. The Morgan fingerprint density at radius 3 is 2.78 bits per heavy atom. The third-order valence-corrected chi connectivity index (χ3v) is 4.89. The molecule has 3 nitrogen and oxygen atoms in total. The Morgan fingerprint density at radius 1 is 1.33 bits per heavy atom. The normalized spacial score (nSPS) is 18.7. The molecule has 2 rings (SSSR count). The number of fused-ring (bicyclic) bond motifs is 1. The molecule has 1 aromatic rings. The molecule has 0 amide bonds. The number of thiazole rings is 1. The van der Waals surface area contributed by atoms with Gasteiger partial charge >= 0.3 is 0 Å². The van der Waals surface area contributed by atoms with E-state index in [1.165, 1.54) is 35.0 Å². The van der Waals surface area contributed by atoms with Crippen LogP contribution >= 0.6 is 11.3 Å². The Labute approximate surface area is 115 Å². The maximum atomic E-state index is 4.86. The third kappa shape index (κ3) is 2.86. The lowest BCUT2D eigenvalue weighted by Crippen LogP contribution is -2.24. The summed E-state index contributed by atoms with van der Waals surface area (Å²) in [6, 6.07) is 0.551. The second-order valence-electron chi connectivity index (χ2n) is 4.88. The third-order valence-electron chi connectivity index (χ3n) is 3.61. The second-order valence-corrected chi connectivity index (χ2v) is 5.89. The average molecular weight is 267 g/mol. The van der Waals surface area contributed by atoms with Gasteiger partial charge in [0.25, 0.3) is 0 Å². The van der Waals surface area contributed by atoms with Crippen molar-refractivity contribution in [1.29, 1.82) is 0 Å². The van der Waals surface area contributed by atoms with E-state index in [9.17, 15) is 0 Å². The van der Waals surface area contributed by atoms with Gasteiger partial charge in [-0.25, -0.2) is 4.98 Å². The molecule has 18 heavy (non-hydrogen) atoms. The summed E-state index contributed by atoms with van der Waals surface area (Å²) >= 11 is 1.90. The summed E-state index contributed by atoms with van der Waals surface area (Å²) in [7, 11) is 0. The summed E-state index contributed by atoms with van der Waals surface area (Å²) in [6.07, 6.45) is 4.91. The highest BCUT2D eigenvalue weighted by molar-refractivity contribution is 7.15. The van der Waals surface area contributed by atoms with Gasteiger partial charge in [-0.15, -0.1) is 0 Å². The van der Waals surface area contributed by atoms with Crippen molar-refractivity contribution in [3.63, 3.8) is 0 Å². The number of rotatable bonds is 6. The van der Waals surface area contributed by atoms with Crippen molar-refractivity contribution in [3.8, 4) is 0 Å². The van der Waals surface area contributed by atoms with Crippen molar-refractivity contribution >= 4 is 16.5 Å². The van der Waals surface area contributed by atoms with Crippen LogP contribution in [0.4, 0.5) is 5.13 Å². The molecule has 1 aromatic heterocycles. The van der Waals surface area contributed by atoms with E-state index in [-0.39, 0.29) is 0 Å². The van der Waals surface area contributed by atoms with E-state index < -0.39 is 0 Å². The number of aromatic nitrogens is 1. The maximum absolute atomic E-state index is 4.86. The number of hydrogen-bond donors (Lipinski definition) is 1. The lowest BCUT2D eigenvalue weighted by Gasteiger charge is -2.22. The van der Waals surface area contributed by atoms with Crippen molar-refractivity contribution in [1.82, 2.24) is 10.3 Å². The zero-order valence-corrected chi connectivity index (χ0v) is 12.6. The monoisotopic (exact) mass is 267 g/mol. The van der Waals surface area contributed by atoms with Crippen molar-refractivity contribution in [2.45, 2.75) is 52.5 Å². The predicted octanol–water partition coefficient (Wildman–Crippen LogP) is 3.37. The second kappa shape index (κ2) is 6.53. The van der Waals surface area contributed by atoms with E-state index in [4.69, 9.17) is 4.98 Å². The number of anilines is 1. The molecule has 0 bridgehead atoms. The molecule has 0 saturated carbocycles. The number of hydrogen-bond acceptors (Lipinski definition) is 4. The van der Waals surface area contributed by atoms with Crippen molar-refractivity contribution in [3.05, 3.63) is 10.6 Å². The zero-order chi connectivity index (χ0) is 13.0. The predicted molar refractivity (Wildman–Crippen MR) is 79.6 cm³/mol. The van der Waals surface area contributed by atoms with Gasteiger partial charge in [0.05, 0.1) is 5.69 Å². The average Bonchev–Trinajstić information content (AvgIpc) is 2.82. The fourth-order valence-corrected chi connectivity index (χ4v) is 3.90. The molecule has 1 heterocycles. The van der Waals surface area contributed by atoms with Gasteiger partial charge in [-0.1, -0.05) is 18.3 Å². The molecule has 4 heteroatoms. The quantitative estimate of drug-likeness (QED) is 0.856. The summed E-state index contributed by atoms with van der Waals surface area (Å²) in [5.74, 6) is 0. The first kappa shape index (κ1) is 13.8. The summed E-state index contributed by atoms with van der Waals surface area (Å²) in [5.41, 5.74) is 1.35. The molecule has 0 saturated heterocycles. The SMILES string of the molecule is CCCNC1CCCc2nc(N(CC)CC)sc21. The molecule has 0 aliphatic heterocycles. The Balaban J connectivity index is 2.17. The highest BCUT2D eigenvalue weighted by atomic mass is 32.1. The van der Waals surface area contributed by atoms with E-state index in [2.05, 4.69) is 31.0 Å². The number of aryl methyl sites for hydroxylation is 1. The molecule has 1 aliphatic rings. The van der Waals surface area contributed by atoms with Crippen molar-refractivity contribution in [2.75, 3.05) is 24.5 Å². The highest BCUT2D eigenvalue weighted by Gasteiger charge is 2.25. The molecule has 1 atom stereocenters. The van der Waals surface area contributed by atoms with Gasteiger partial charge < -0.3 is 10.2 Å². The molecular formula is C14H25N3S. The van der Waals surface area contributed by atoms with Crippen molar-refractivity contribution < 1.29 is 0 Å². The summed E-state index contributed by atoms with van der Waals surface area (Å²) in [4.78, 5) is 8.71. The zero-order valence-electron chi connectivity index (χ0n) is 11.8. The Kier molecular flexibility index (Phi) is 5.01. The summed E-state index contributed by atoms with van der Waals surface area (Å²) in [6.45, 7) is 9.85. The molecule has 1 N–H and O–H groups in total. The van der Waals surface area contributed by atoms with Gasteiger partial charge in [-0.05, 0) is 46.1 Å². The maximum Gasteiger partial charge on any atom is 0.185 e. The summed E-state index contributed by atoms with van der Waals surface area (Å²) in [5, 5.41) is 4.89. The molecule has 0 radical (unpaired) electrons. The first-order chi connectivity index (χ1) is 8.80. The van der Waals surface area contributed by atoms with Gasteiger partial charge in [-0.2, -0.15) is 0 Å². The van der Waals surface area contributed by atoms with Gasteiger partial charge in [0.1, 0.15) is 0 Å². The van der Waals surface area contributed by atoms with Crippen molar-refractivity contribution in [2.24, 2.45) is 0 Å². The van der Waals surface area contributed by atoms with E-state index in [0.717, 1.165) is 26.1 Å². The molecule has 1 unspecified atom stereocenters.